The Hall–Kier alpha value is -1.65. The highest BCUT2D eigenvalue weighted by Gasteiger charge is 2.09. The molecule has 2 aromatic rings. The standard InChI is InChI=1S/C15H17NO2S/c1-16(11-14-7-4-8-19-14)10-13-6-3-2-5-12(13)9-15(17)18/h2-8H,9-11H2,1H3,(H,17,18). The Kier molecular flexibility index (Phi) is 4.71. The fraction of sp³-hybridized carbons (Fsp3) is 0.267. The summed E-state index contributed by atoms with van der Waals surface area (Å²) in [4.78, 5) is 14.4. The van der Waals surface area contributed by atoms with E-state index in [2.05, 4.69) is 23.4 Å². The molecular weight excluding hydrogens is 258 g/mol. The van der Waals surface area contributed by atoms with Gasteiger partial charge in [0, 0.05) is 18.0 Å². The Labute approximate surface area is 117 Å². The molecule has 1 N–H and O–H groups in total. The van der Waals surface area contributed by atoms with Crippen LogP contribution in [0.25, 0.3) is 0 Å². The van der Waals surface area contributed by atoms with Crippen molar-refractivity contribution in [3.8, 4) is 0 Å². The van der Waals surface area contributed by atoms with Crippen LogP contribution in [0.15, 0.2) is 41.8 Å². The first kappa shape index (κ1) is 13.8. The van der Waals surface area contributed by atoms with Crippen LogP contribution in [-0.4, -0.2) is 23.0 Å². The lowest BCUT2D eigenvalue weighted by molar-refractivity contribution is -0.136. The first-order chi connectivity index (χ1) is 9.15. The van der Waals surface area contributed by atoms with Crippen LogP contribution in [0.4, 0.5) is 0 Å². The number of carbonyl (C=O) groups is 1. The average Bonchev–Trinajstić information content (AvgIpc) is 2.83. The van der Waals surface area contributed by atoms with E-state index in [1.165, 1.54) is 4.88 Å². The molecule has 0 saturated heterocycles. The Morgan fingerprint density at radius 2 is 1.89 bits per heavy atom. The van der Waals surface area contributed by atoms with Gasteiger partial charge in [-0.25, -0.2) is 0 Å². The zero-order valence-electron chi connectivity index (χ0n) is 10.9. The number of benzene rings is 1. The second-order valence-electron chi connectivity index (χ2n) is 4.59. The minimum atomic E-state index is -0.784. The second kappa shape index (κ2) is 6.50. The second-order valence-corrected chi connectivity index (χ2v) is 5.62. The minimum absolute atomic E-state index is 0.0863. The molecule has 4 heteroatoms. The molecule has 0 aliphatic carbocycles. The Balaban J connectivity index is 2.03. The lowest BCUT2D eigenvalue weighted by Crippen LogP contribution is -2.18. The maximum absolute atomic E-state index is 10.9. The van der Waals surface area contributed by atoms with Crippen molar-refractivity contribution in [2.45, 2.75) is 19.5 Å². The summed E-state index contributed by atoms with van der Waals surface area (Å²) >= 11 is 1.74. The summed E-state index contributed by atoms with van der Waals surface area (Å²) in [6.07, 6.45) is 0.0863. The van der Waals surface area contributed by atoms with Gasteiger partial charge >= 0.3 is 5.97 Å². The van der Waals surface area contributed by atoms with E-state index in [0.29, 0.717) is 0 Å². The lowest BCUT2D eigenvalue weighted by atomic mass is 10.0. The van der Waals surface area contributed by atoms with Gasteiger partial charge in [-0.3, -0.25) is 9.69 Å². The molecule has 19 heavy (non-hydrogen) atoms. The molecule has 100 valence electrons. The molecule has 1 heterocycles. The predicted octanol–water partition coefficient (Wildman–Crippen LogP) is 3.01. The molecule has 0 amide bonds. The SMILES string of the molecule is CN(Cc1cccs1)Cc1ccccc1CC(=O)O. The van der Waals surface area contributed by atoms with E-state index in [1.807, 2.05) is 30.3 Å². The van der Waals surface area contributed by atoms with Crippen LogP contribution in [0.1, 0.15) is 16.0 Å². The van der Waals surface area contributed by atoms with E-state index in [4.69, 9.17) is 5.11 Å². The number of hydrogen-bond acceptors (Lipinski definition) is 3. The van der Waals surface area contributed by atoms with Crippen molar-refractivity contribution in [2.24, 2.45) is 0 Å². The summed E-state index contributed by atoms with van der Waals surface area (Å²) in [5, 5.41) is 11.0. The summed E-state index contributed by atoms with van der Waals surface area (Å²) in [5.41, 5.74) is 1.98. The lowest BCUT2D eigenvalue weighted by Gasteiger charge is -2.17. The summed E-state index contributed by atoms with van der Waals surface area (Å²) in [5.74, 6) is -0.784. The molecule has 0 fully saturated rings. The average molecular weight is 275 g/mol. The fourth-order valence-corrected chi connectivity index (χ4v) is 2.85. The van der Waals surface area contributed by atoms with E-state index >= 15 is 0 Å². The van der Waals surface area contributed by atoms with E-state index in [0.717, 1.165) is 24.2 Å². The number of aliphatic carboxylic acids is 1. The van der Waals surface area contributed by atoms with E-state index in [1.54, 1.807) is 11.3 Å². The summed E-state index contributed by atoms with van der Waals surface area (Å²) in [6.45, 7) is 1.65. The van der Waals surface area contributed by atoms with Crippen LogP contribution in [0.2, 0.25) is 0 Å². The zero-order valence-corrected chi connectivity index (χ0v) is 11.7. The van der Waals surface area contributed by atoms with Gasteiger partial charge in [0.2, 0.25) is 0 Å². The first-order valence-electron chi connectivity index (χ1n) is 6.14. The molecule has 1 aromatic carbocycles. The largest absolute Gasteiger partial charge is 0.481 e. The van der Waals surface area contributed by atoms with Crippen LogP contribution in [0.3, 0.4) is 0 Å². The van der Waals surface area contributed by atoms with Gasteiger partial charge in [0.15, 0.2) is 0 Å². The smallest absolute Gasteiger partial charge is 0.307 e. The first-order valence-corrected chi connectivity index (χ1v) is 7.02. The van der Waals surface area contributed by atoms with Gasteiger partial charge in [-0.05, 0) is 29.6 Å². The van der Waals surface area contributed by atoms with Crippen LogP contribution in [0, 0.1) is 0 Å². The van der Waals surface area contributed by atoms with Crippen molar-refractivity contribution in [1.29, 1.82) is 0 Å². The van der Waals surface area contributed by atoms with E-state index in [9.17, 15) is 4.79 Å². The molecule has 3 nitrogen and oxygen atoms in total. The summed E-state index contributed by atoms with van der Waals surface area (Å²) in [7, 11) is 2.05. The van der Waals surface area contributed by atoms with E-state index < -0.39 is 5.97 Å². The van der Waals surface area contributed by atoms with Crippen molar-refractivity contribution in [3.63, 3.8) is 0 Å². The van der Waals surface area contributed by atoms with Gasteiger partial charge < -0.3 is 5.11 Å². The highest BCUT2D eigenvalue weighted by atomic mass is 32.1. The third-order valence-electron chi connectivity index (χ3n) is 2.91. The molecule has 0 radical (unpaired) electrons. The zero-order chi connectivity index (χ0) is 13.7. The molecule has 2 rings (SSSR count). The van der Waals surface area contributed by atoms with Crippen molar-refractivity contribution in [3.05, 3.63) is 57.8 Å². The third-order valence-corrected chi connectivity index (χ3v) is 3.77. The maximum atomic E-state index is 10.9. The number of rotatable bonds is 6. The molecule has 0 aliphatic heterocycles. The highest BCUT2D eigenvalue weighted by molar-refractivity contribution is 7.09. The summed E-state index contributed by atoms with van der Waals surface area (Å²) < 4.78 is 0. The van der Waals surface area contributed by atoms with Crippen LogP contribution < -0.4 is 0 Å². The molecule has 0 aliphatic rings. The maximum Gasteiger partial charge on any atom is 0.307 e. The van der Waals surface area contributed by atoms with Gasteiger partial charge in [-0.1, -0.05) is 30.3 Å². The van der Waals surface area contributed by atoms with Crippen molar-refractivity contribution in [2.75, 3.05) is 7.05 Å². The highest BCUT2D eigenvalue weighted by Crippen LogP contribution is 2.15. The normalized spacial score (nSPS) is 10.8. The minimum Gasteiger partial charge on any atom is -0.481 e. The van der Waals surface area contributed by atoms with Gasteiger partial charge in [0.1, 0.15) is 0 Å². The molecule has 0 saturated carbocycles. The Morgan fingerprint density at radius 3 is 2.53 bits per heavy atom. The fourth-order valence-electron chi connectivity index (χ4n) is 2.06. The van der Waals surface area contributed by atoms with Crippen LogP contribution >= 0.6 is 11.3 Å². The van der Waals surface area contributed by atoms with Gasteiger partial charge in [0.25, 0.3) is 0 Å². The predicted molar refractivity (Wildman–Crippen MR) is 77.3 cm³/mol. The number of thiophene rings is 1. The Bertz CT molecular complexity index is 537. The van der Waals surface area contributed by atoms with Gasteiger partial charge in [-0.2, -0.15) is 0 Å². The van der Waals surface area contributed by atoms with Gasteiger partial charge in [-0.15, -0.1) is 11.3 Å². The van der Waals surface area contributed by atoms with Gasteiger partial charge in [0.05, 0.1) is 6.42 Å². The summed E-state index contributed by atoms with van der Waals surface area (Å²) in [6, 6.07) is 11.9. The quantitative estimate of drug-likeness (QED) is 0.881. The number of hydrogen-bond donors (Lipinski definition) is 1. The number of carboxylic acid groups (broad SMARTS) is 1. The molecule has 0 bridgehead atoms. The third kappa shape index (κ3) is 4.19. The monoisotopic (exact) mass is 275 g/mol. The topological polar surface area (TPSA) is 40.5 Å². The Morgan fingerprint density at radius 1 is 1.16 bits per heavy atom. The number of carboxylic acids is 1. The van der Waals surface area contributed by atoms with Crippen molar-refractivity contribution < 1.29 is 9.90 Å². The van der Waals surface area contributed by atoms with Crippen LogP contribution in [0.5, 0.6) is 0 Å². The molecule has 0 spiro atoms. The van der Waals surface area contributed by atoms with Crippen LogP contribution in [-0.2, 0) is 24.3 Å². The number of nitrogens with zero attached hydrogens (tertiary/aromatic N) is 1. The van der Waals surface area contributed by atoms with E-state index in [-0.39, 0.29) is 6.42 Å². The molecule has 0 unspecified atom stereocenters. The molecular formula is C15H17NO2S. The molecule has 1 aromatic heterocycles. The van der Waals surface area contributed by atoms with Crippen molar-refractivity contribution in [1.82, 2.24) is 4.90 Å². The molecule has 0 atom stereocenters. The van der Waals surface area contributed by atoms with Crippen molar-refractivity contribution >= 4 is 17.3 Å².